The average molecular weight is 384 g/mol. The Kier molecular flexibility index (Phi) is 4.65. The van der Waals surface area contributed by atoms with Crippen molar-refractivity contribution in [1.82, 2.24) is 5.32 Å². The van der Waals surface area contributed by atoms with E-state index in [1.807, 2.05) is 12.1 Å². The lowest BCUT2D eigenvalue weighted by Crippen LogP contribution is -2.55. The van der Waals surface area contributed by atoms with Gasteiger partial charge >= 0.3 is 0 Å². The third-order valence-electron chi connectivity index (χ3n) is 8.24. The molecule has 0 spiro atoms. The van der Waals surface area contributed by atoms with Gasteiger partial charge in [0.15, 0.2) is 0 Å². The molecule has 4 aliphatic carbocycles. The second-order valence-corrected chi connectivity index (χ2v) is 9.97. The Morgan fingerprint density at radius 3 is 2.29 bits per heavy atom. The Morgan fingerprint density at radius 2 is 1.68 bits per heavy atom. The average Bonchev–Trinajstić information content (AvgIpc) is 2.71. The third-order valence-corrected chi connectivity index (χ3v) is 8.24. The van der Waals surface area contributed by atoms with Crippen molar-refractivity contribution < 1.29 is 14.3 Å². The summed E-state index contributed by atoms with van der Waals surface area (Å²) in [6, 6.07) is 8.30. The standard InChI is InChI=1S/C24H33NO3/c1-27-21-5-3-2-4-20(21)23(6-8-28-9-7-23)16-25-22(26)24-13-17-10-18(14-24)12-19(11-17)15-24/h2-5,17-19H,6-16H2,1H3,(H,25,26). The molecule has 0 aromatic heterocycles. The van der Waals surface area contributed by atoms with Gasteiger partial charge in [-0.2, -0.15) is 0 Å². The maximum atomic E-state index is 13.5. The SMILES string of the molecule is COc1ccccc1C1(CNC(=O)C23CC4CC(CC(C4)C2)C3)CCOCC1. The van der Waals surface area contributed by atoms with Crippen molar-refractivity contribution in [2.75, 3.05) is 26.9 Å². The van der Waals surface area contributed by atoms with Gasteiger partial charge in [-0.05, 0) is 75.2 Å². The number of ether oxygens (including phenoxy) is 2. The molecule has 1 amide bonds. The van der Waals surface area contributed by atoms with Gasteiger partial charge in [0.1, 0.15) is 5.75 Å². The molecule has 1 aromatic rings. The largest absolute Gasteiger partial charge is 0.496 e. The van der Waals surface area contributed by atoms with Gasteiger partial charge in [-0.3, -0.25) is 4.79 Å². The maximum Gasteiger partial charge on any atom is 0.226 e. The van der Waals surface area contributed by atoms with Crippen molar-refractivity contribution in [3.05, 3.63) is 29.8 Å². The summed E-state index contributed by atoms with van der Waals surface area (Å²) in [5, 5.41) is 3.45. The molecule has 0 unspecified atom stereocenters. The molecule has 28 heavy (non-hydrogen) atoms. The van der Waals surface area contributed by atoms with Crippen molar-refractivity contribution in [3.8, 4) is 5.75 Å². The van der Waals surface area contributed by atoms with Crippen LogP contribution < -0.4 is 10.1 Å². The zero-order valence-electron chi connectivity index (χ0n) is 17.0. The molecule has 4 saturated carbocycles. The van der Waals surface area contributed by atoms with Crippen LogP contribution in [-0.2, 0) is 14.9 Å². The van der Waals surface area contributed by atoms with E-state index < -0.39 is 0 Å². The number of rotatable bonds is 5. The minimum Gasteiger partial charge on any atom is -0.496 e. The van der Waals surface area contributed by atoms with Crippen LogP contribution in [0.3, 0.4) is 0 Å². The number of para-hydroxylation sites is 1. The van der Waals surface area contributed by atoms with Crippen molar-refractivity contribution in [1.29, 1.82) is 0 Å². The van der Waals surface area contributed by atoms with E-state index in [2.05, 4.69) is 17.4 Å². The molecule has 0 radical (unpaired) electrons. The fraction of sp³-hybridized carbons (Fsp3) is 0.708. The fourth-order valence-electron chi connectivity index (χ4n) is 7.21. The van der Waals surface area contributed by atoms with E-state index in [0.29, 0.717) is 12.5 Å². The Balaban J connectivity index is 1.36. The zero-order chi connectivity index (χ0) is 19.2. The lowest BCUT2D eigenvalue weighted by atomic mass is 9.49. The van der Waals surface area contributed by atoms with Gasteiger partial charge in [0.2, 0.25) is 5.91 Å². The summed E-state index contributed by atoms with van der Waals surface area (Å²) in [6.07, 6.45) is 9.32. The van der Waals surface area contributed by atoms with Crippen LogP contribution in [0.15, 0.2) is 24.3 Å². The highest BCUT2D eigenvalue weighted by molar-refractivity contribution is 5.83. The van der Waals surface area contributed by atoms with Crippen molar-refractivity contribution >= 4 is 5.91 Å². The second-order valence-electron chi connectivity index (χ2n) is 9.97. The van der Waals surface area contributed by atoms with Crippen LogP contribution in [0.25, 0.3) is 0 Å². The molecule has 1 aliphatic heterocycles. The Bertz CT molecular complexity index is 702. The quantitative estimate of drug-likeness (QED) is 0.834. The molecular weight excluding hydrogens is 350 g/mol. The number of amides is 1. The lowest BCUT2D eigenvalue weighted by Gasteiger charge is -2.55. The van der Waals surface area contributed by atoms with Crippen molar-refractivity contribution in [2.24, 2.45) is 23.2 Å². The highest BCUT2D eigenvalue weighted by Crippen LogP contribution is 2.60. The van der Waals surface area contributed by atoms with E-state index in [9.17, 15) is 4.79 Å². The zero-order valence-corrected chi connectivity index (χ0v) is 17.0. The molecule has 4 nitrogen and oxygen atoms in total. The first-order chi connectivity index (χ1) is 13.6. The topological polar surface area (TPSA) is 47.6 Å². The predicted molar refractivity (Wildman–Crippen MR) is 108 cm³/mol. The van der Waals surface area contributed by atoms with Crippen molar-refractivity contribution in [2.45, 2.75) is 56.8 Å². The van der Waals surface area contributed by atoms with Crippen molar-refractivity contribution in [3.63, 3.8) is 0 Å². The van der Waals surface area contributed by atoms with Gasteiger partial charge in [0.25, 0.3) is 0 Å². The van der Waals surface area contributed by atoms with Crippen LogP contribution in [0.4, 0.5) is 0 Å². The van der Waals surface area contributed by atoms with E-state index in [0.717, 1.165) is 68.8 Å². The molecule has 4 bridgehead atoms. The summed E-state index contributed by atoms with van der Waals surface area (Å²) < 4.78 is 11.4. The minimum absolute atomic E-state index is 0.0815. The maximum absolute atomic E-state index is 13.5. The van der Waals surface area contributed by atoms with Crippen LogP contribution in [0.1, 0.15) is 56.9 Å². The van der Waals surface area contributed by atoms with Gasteiger partial charge in [0, 0.05) is 36.2 Å². The van der Waals surface area contributed by atoms with Crippen LogP contribution >= 0.6 is 0 Å². The third kappa shape index (κ3) is 3.04. The minimum atomic E-state index is -0.0944. The lowest BCUT2D eigenvalue weighted by molar-refractivity contribution is -0.146. The summed E-state index contributed by atoms with van der Waals surface area (Å²) in [7, 11) is 1.74. The van der Waals surface area contributed by atoms with E-state index in [1.165, 1.54) is 24.8 Å². The molecule has 6 rings (SSSR count). The van der Waals surface area contributed by atoms with Gasteiger partial charge in [-0.25, -0.2) is 0 Å². The summed E-state index contributed by atoms with van der Waals surface area (Å²) in [4.78, 5) is 13.5. The first-order valence-corrected chi connectivity index (χ1v) is 11.1. The molecular formula is C24H33NO3. The molecule has 1 N–H and O–H groups in total. The summed E-state index contributed by atoms with van der Waals surface area (Å²) in [5.74, 6) is 3.63. The second kappa shape index (κ2) is 7.05. The number of nitrogens with one attached hydrogen (secondary N) is 1. The van der Waals surface area contributed by atoms with Crippen LogP contribution in [-0.4, -0.2) is 32.8 Å². The Labute approximate surface area is 168 Å². The van der Waals surface area contributed by atoms with E-state index >= 15 is 0 Å². The normalized spacial score (nSPS) is 35.5. The molecule has 1 saturated heterocycles. The molecule has 4 heteroatoms. The molecule has 1 aromatic carbocycles. The van der Waals surface area contributed by atoms with Crippen LogP contribution in [0.2, 0.25) is 0 Å². The number of methoxy groups -OCH3 is 1. The molecule has 1 heterocycles. The Morgan fingerprint density at radius 1 is 1.07 bits per heavy atom. The molecule has 5 aliphatic rings. The first kappa shape index (κ1) is 18.5. The highest BCUT2D eigenvalue weighted by Gasteiger charge is 2.54. The molecule has 0 atom stereocenters. The summed E-state index contributed by atoms with van der Waals surface area (Å²) >= 11 is 0. The predicted octanol–water partition coefficient (Wildman–Crippen LogP) is 4.08. The highest BCUT2D eigenvalue weighted by atomic mass is 16.5. The van der Waals surface area contributed by atoms with Crippen LogP contribution in [0, 0.1) is 23.2 Å². The number of benzene rings is 1. The summed E-state index contributed by atoms with van der Waals surface area (Å²) in [6.45, 7) is 2.17. The van der Waals surface area contributed by atoms with E-state index in [1.54, 1.807) is 7.11 Å². The van der Waals surface area contributed by atoms with Gasteiger partial charge in [0.05, 0.1) is 7.11 Å². The smallest absolute Gasteiger partial charge is 0.226 e. The van der Waals surface area contributed by atoms with Crippen LogP contribution in [0.5, 0.6) is 5.75 Å². The fourth-order valence-corrected chi connectivity index (χ4v) is 7.21. The summed E-state index contributed by atoms with van der Waals surface area (Å²) in [5.41, 5.74) is 1.04. The van der Waals surface area contributed by atoms with Gasteiger partial charge in [-0.1, -0.05) is 18.2 Å². The van der Waals surface area contributed by atoms with E-state index in [4.69, 9.17) is 9.47 Å². The molecule has 5 fully saturated rings. The number of carbonyl (C=O) groups is 1. The van der Waals surface area contributed by atoms with E-state index in [-0.39, 0.29) is 10.8 Å². The number of hydrogen-bond donors (Lipinski definition) is 1. The van der Waals surface area contributed by atoms with Gasteiger partial charge < -0.3 is 14.8 Å². The number of carbonyl (C=O) groups excluding carboxylic acids is 1. The number of hydrogen-bond acceptors (Lipinski definition) is 3. The van der Waals surface area contributed by atoms with Gasteiger partial charge in [-0.15, -0.1) is 0 Å². The molecule has 152 valence electrons. The Hall–Kier alpha value is -1.55. The monoisotopic (exact) mass is 383 g/mol. The first-order valence-electron chi connectivity index (χ1n) is 11.1.